The van der Waals surface area contributed by atoms with E-state index in [4.69, 9.17) is 0 Å². The molecule has 1 atom stereocenters. The van der Waals surface area contributed by atoms with Crippen LogP contribution in [0.4, 0.5) is 0 Å². The monoisotopic (exact) mass is 448 g/mol. The number of amides is 1. The predicted molar refractivity (Wildman–Crippen MR) is 113 cm³/mol. The summed E-state index contributed by atoms with van der Waals surface area (Å²) in [6.45, 7) is 1.83. The Balaban J connectivity index is 1.61. The van der Waals surface area contributed by atoms with Crippen LogP contribution in [0.5, 0.6) is 0 Å². The minimum absolute atomic E-state index is 0.205. The standard InChI is InChI=1S/C22H17BrN4O2/c1-14(21-26-25-19-8-4-5-13-27(19)21)24-22(29)18-7-3-2-6-17(18)20(28)15-9-11-16(23)12-10-15/h2-14H,1H3,(H,24,29). The van der Waals surface area contributed by atoms with E-state index in [-0.39, 0.29) is 11.7 Å². The van der Waals surface area contributed by atoms with E-state index in [1.54, 1.807) is 48.5 Å². The van der Waals surface area contributed by atoms with Crippen LogP contribution >= 0.6 is 15.9 Å². The third-order valence-electron chi connectivity index (χ3n) is 4.60. The van der Waals surface area contributed by atoms with Gasteiger partial charge in [-0.1, -0.05) is 40.2 Å². The third-order valence-corrected chi connectivity index (χ3v) is 5.13. The minimum atomic E-state index is -0.393. The van der Waals surface area contributed by atoms with Gasteiger partial charge in [0.1, 0.15) is 0 Å². The Hall–Kier alpha value is -3.32. The molecule has 7 heteroatoms. The van der Waals surface area contributed by atoms with Crippen molar-refractivity contribution in [2.24, 2.45) is 0 Å². The molecule has 0 radical (unpaired) electrons. The first kappa shape index (κ1) is 19.0. The molecule has 6 nitrogen and oxygen atoms in total. The first-order valence-electron chi connectivity index (χ1n) is 9.04. The molecule has 2 heterocycles. The van der Waals surface area contributed by atoms with E-state index in [1.807, 2.05) is 35.7 Å². The molecule has 1 N–H and O–H groups in total. The lowest BCUT2D eigenvalue weighted by Gasteiger charge is -2.14. The number of ketones is 1. The van der Waals surface area contributed by atoms with E-state index in [0.29, 0.717) is 28.2 Å². The van der Waals surface area contributed by atoms with Crippen molar-refractivity contribution in [3.8, 4) is 0 Å². The van der Waals surface area contributed by atoms with Gasteiger partial charge in [-0.15, -0.1) is 10.2 Å². The second-order valence-corrected chi connectivity index (χ2v) is 7.48. The Morgan fingerprint density at radius 2 is 1.62 bits per heavy atom. The highest BCUT2D eigenvalue weighted by molar-refractivity contribution is 9.10. The predicted octanol–water partition coefficient (Wildman–Crippen LogP) is 4.21. The quantitative estimate of drug-likeness (QED) is 0.463. The fourth-order valence-corrected chi connectivity index (χ4v) is 3.39. The van der Waals surface area contributed by atoms with E-state index in [9.17, 15) is 9.59 Å². The number of hydrogen-bond donors (Lipinski definition) is 1. The van der Waals surface area contributed by atoms with E-state index in [2.05, 4.69) is 31.4 Å². The molecule has 0 fully saturated rings. The van der Waals surface area contributed by atoms with Crippen LogP contribution in [-0.2, 0) is 0 Å². The Morgan fingerprint density at radius 3 is 2.38 bits per heavy atom. The van der Waals surface area contributed by atoms with Crippen molar-refractivity contribution < 1.29 is 9.59 Å². The van der Waals surface area contributed by atoms with Gasteiger partial charge in [0.15, 0.2) is 17.3 Å². The molecular formula is C22H17BrN4O2. The highest BCUT2D eigenvalue weighted by Crippen LogP contribution is 2.19. The van der Waals surface area contributed by atoms with E-state index in [1.165, 1.54) is 0 Å². The van der Waals surface area contributed by atoms with Gasteiger partial charge in [0.25, 0.3) is 5.91 Å². The molecule has 0 spiro atoms. The van der Waals surface area contributed by atoms with Gasteiger partial charge >= 0.3 is 0 Å². The van der Waals surface area contributed by atoms with E-state index in [0.717, 1.165) is 4.47 Å². The third kappa shape index (κ3) is 3.82. The average molecular weight is 449 g/mol. The molecule has 2 aromatic heterocycles. The van der Waals surface area contributed by atoms with Crippen LogP contribution in [0.1, 0.15) is 45.1 Å². The zero-order valence-corrected chi connectivity index (χ0v) is 17.1. The lowest BCUT2D eigenvalue weighted by atomic mass is 9.98. The number of nitrogens with one attached hydrogen (secondary N) is 1. The molecule has 144 valence electrons. The molecule has 0 aliphatic heterocycles. The summed E-state index contributed by atoms with van der Waals surface area (Å²) in [6, 6.07) is 19.1. The lowest BCUT2D eigenvalue weighted by Crippen LogP contribution is -2.29. The summed E-state index contributed by atoms with van der Waals surface area (Å²) in [5.41, 5.74) is 1.89. The summed E-state index contributed by atoms with van der Waals surface area (Å²) in [4.78, 5) is 25.9. The number of aromatic nitrogens is 3. The molecule has 2 aromatic carbocycles. The molecule has 0 bridgehead atoms. The van der Waals surface area contributed by atoms with Crippen molar-refractivity contribution in [1.82, 2.24) is 19.9 Å². The molecular weight excluding hydrogens is 432 g/mol. The van der Waals surface area contributed by atoms with Crippen LogP contribution in [-0.4, -0.2) is 26.3 Å². The van der Waals surface area contributed by atoms with Crippen LogP contribution in [0.25, 0.3) is 5.65 Å². The number of carbonyl (C=O) groups excluding carboxylic acids is 2. The molecule has 1 unspecified atom stereocenters. The SMILES string of the molecule is CC(NC(=O)c1ccccc1C(=O)c1ccc(Br)cc1)c1nnc2ccccn12. The molecule has 0 saturated carbocycles. The zero-order chi connectivity index (χ0) is 20.4. The number of rotatable bonds is 5. The smallest absolute Gasteiger partial charge is 0.252 e. The highest BCUT2D eigenvalue weighted by atomic mass is 79.9. The van der Waals surface area contributed by atoms with Gasteiger partial charge < -0.3 is 5.32 Å². The van der Waals surface area contributed by atoms with Crippen LogP contribution in [0, 0.1) is 0 Å². The van der Waals surface area contributed by atoms with Gasteiger partial charge in [0, 0.05) is 21.8 Å². The van der Waals surface area contributed by atoms with Crippen molar-refractivity contribution in [3.63, 3.8) is 0 Å². The second kappa shape index (κ2) is 7.97. The number of pyridine rings is 1. The second-order valence-electron chi connectivity index (χ2n) is 6.56. The van der Waals surface area contributed by atoms with Gasteiger partial charge in [0.05, 0.1) is 11.6 Å². The van der Waals surface area contributed by atoms with Gasteiger partial charge in [-0.05, 0) is 49.4 Å². The fourth-order valence-electron chi connectivity index (χ4n) is 3.13. The largest absolute Gasteiger partial charge is 0.342 e. The molecule has 0 aliphatic rings. The topological polar surface area (TPSA) is 76.4 Å². The van der Waals surface area contributed by atoms with Crippen LogP contribution in [0.15, 0.2) is 77.4 Å². The number of hydrogen-bond acceptors (Lipinski definition) is 4. The van der Waals surface area contributed by atoms with Crippen molar-refractivity contribution in [1.29, 1.82) is 0 Å². The van der Waals surface area contributed by atoms with E-state index < -0.39 is 6.04 Å². The molecule has 0 saturated heterocycles. The maximum Gasteiger partial charge on any atom is 0.252 e. The van der Waals surface area contributed by atoms with Crippen molar-refractivity contribution in [2.75, 3.05) is 0 Å². The summed E-state index contributed by atoms with van der Waals surface area (Å²) in [5.74, 6) is 0.0701. The summed E-state index contributed by atoms with van der Waals surface area (Å²) >= 11 is 3.36. The Morgan fingerprint density at radius 1 is 0.931 bits per heavy atom. The summed E-state index contributed by atoms with van der Waals surface area (Å²) < 4.78 is 2.71. The Bertz CT molecular complexity index is 1200. The maximum atomic E-state index is 13.0. The van der Waals surface area contributed by atoms with Gasteiger partial charge in [0.2, 0.25) is 0 Å². The first-order chi connectivity index (χ1) is 14.0. The fraction of sp³-hybridized carbons (Fsp3) is 0.0909. The maximum absolute atomic E-state index is 13.0. The number of halogens is 1. The van der Waals surface area contributed by atoms with Gasteiger partial charge in [-0.25, -0.2) is 0 Å². The molecule has 4 rings (SSSR count). The Labute approximate surface area is 175 Å². The number of fused-ring (bicyclic) bond motifs is 1. The highest BCUT2D eigenvalue weighted by Gasteiger charge is 2.21. The normalized spacial score (nSPS) is 11.9. The van der Waals surface area contributed by atoms with Crippen LogP contribution < -0.4 is 5.32 Å². The van der Waals surface area contributed by atoms with Crippen LogP contribution in [0.3, 0.4) is 0 Å². The zero-order valence-electron chi connectivity index (χ0n) is 15.5. The number of nitrogens with zero attached hydrogens (tertiary/aromatic N) is 3. The first-order valence-corrected chi connectivity index (χ1v) is 9.83. The van der Waals surface area contributed by atoms with Crippen molar-refractivity contribution >= 4 is 33.3 Å². The van der Waals surface area contributed by atoms with Gasteiger partial charge in [-0.3, -0.25) is 14.0 Å². The average Bonchev–Trinajstić information content (AvgIpc) is 3.18. The Kier molecular flexibility index (Phi) is 5.22. The summed E-state index contributed by atoms with van der Waals surface area (Å²) in [5, 5.41) is 11.2. The molecule has 1 amide bonds. The minimum Gasteiger partial charge on any atom is -0.342 e. The van der Waals surface area contributed by atoms with Crippen molar-refractivity contribution in [3.05, 3.63) is 99.9 Å². The van der Waals surface area contributed by atoms with Gasteiger partial charge in [-0.2, -0.15) is 0 Å². The molecule has 4 aromatic rings. The van der Waals surface area contributed by atoms with E-state index >= 15 is 0 Å². The van der Waals surface area contributed by atoms with Crippen molar-refractivity contribution in [2.45, 2.75) is 13.0 Å². The summed E-state index contributed by atoms with van der Waals surface area (Å²) in [7, 11) is 0. The summed E-state index contributed by atoms with van der Waals surface area (Å²) in [6.07, 6.45) is 1.85. The number of benzene rings is 2. The molecule has 29 heavy (non-hydrogen) atoms. The molecule has 0 aliphatic carbocycles. The number of carbonyl (C=O) groups is 2. The van der Waals surface area contributed by atoms with Crippen LogP contribution in [0.2, 0.25) is 0 Å². The lowest BCUT2D eigenvalue weighted by molar-refractivity contribution is 0.0928.